The van der Waals surface area contributed by atoms with Crippen LogP contribution in [-0.2, 0) is 0 Å². The number of hydrogen-bond acceptors (Lipinski definition) is 4. The predicted molar refractivity (Wildman–Crippen MR) is 101 cm³/mol. The van der Waals surface area contributed by atoms with Crippen LogP contribution in [0, 0.1) is 26.7 Å². The van der Waals surface area contributed by atoms with Crippen molar-refractivity contribution in [3.05, 3.63) is 47.0 Å². The van der Waals surface area contributed by atoms with Crippen molar-refractivity contribution < 1.29 is 4.79 Å². The van der Waals surface area contributed by atoms with Crippen molar-refractivity contribution in [1.29, 1.82) is 0 Å². The Morgan fingerprint density at radius 2 is 1.60 bits per heavy atom. The fraction of sp³-hybridized carbons (Fsp3) is 0.450. The second-order valence-electron chi connectivity index (χ2n) is 6.99. The van der Waals surface area contributed by atoms with Crippen molar-refractivity contribution in [2.24, 2.45) is 5.92 Å². The van der Waals surface area contributed by atoms with Crippen molar-refractivity contribution in [3.63, 3.8) is 0 Å². The molecule has 0 atom stereocenters. The van der Waals surface area contributed by atoms with E-state index in [1.165, 1.54) is 18.5 Å². The minimum Gasteiger partial charge on any atom is -0.372 e. The molecule has 2 heterocycles. The maximum Gasteiger partial charge on any atom is 0.259 e. The summed E-state index contributed by atoms with van der Waals surface area (Å²) in [6, 6.07) is 8.09. The molecule has 5 nitrogen and oxygen atoms in total. The van der Waals surface area contributed by atoms with Gasteiger partial charge in [0, 0.05) is 24.5 Å². The van der Waals surface area contributed by atoms with Crippen molar-refractivity contribution in [1.82, 2.24) is 9.97 Å². The van der Waals surface area contributed by atoms with Crippen LogP contribution in [0.3, 0.4) is 0 Å². The van der Waals surface area contributed by atoms with Gasteiger partial charge in [0.25, 0.3) is 5.91 Å². The molecule has 1 aromatic carbocycles. The fourth-order valence-electron chi connectivity index (χ4n) is 3.43. The second-order valence-corrected chi connectivity index (χ2v) is 6.99. The van der Waals surface area contributed by atoms with Crippen LogP contribution < -0.4 is 10.2 Å². The van der Waals surface area contributed by atoms with Gasteiger partial charge in [-0.1, -0.05) is 6.92 Å². The van der Waals surface area contributed by atoms with Gasteiger partial charge in [0.05, 0.1) is 17.0 Å². The molecule has 132 valence electrons. The largest absolute Gasteiger partial charge is 0.372 e. The van der Waals surface area contributed by atoms with E-state index in [1.54, 1.807) is 0 Å². The third-order valence-electron chi connectivity index (χ3n) is 4.88. The van der Waals surface area contributed by atoms with Crippen LogP contribution in [0.15, 0.2) is 24.3 Å². The Morgan fingerprint density at radius 3 is 2.16 bits per heavy atom. The predicted octanol–water partition coefficient (Wildman–Crippen LogP) is 3.89. The molecule has 0 aliphatic carbocycles. The molecule has 0 unspecified atom stereocenters. The number of rotatable bonds is 3. The number of anilines is 2. The first-order valence-electron chi connectivity index (χ1n) is 8.92. The number of nitrogens with one attached hydrogen (secondary N) is 1. The van der Waals surface area contributed by atoms with E-state index in [9.17, 15) is 4.79 Å². The van der Waals surface area contributed by atoms with E-state index in [0.717, 1.165) is 24.7 Å². The van der Waals surface area contributed by atoms with E-state index < -0.39 is 0 Å². The molecule has 1 amide bonds. The van der Waals surface area contributed by atoms with Gasteiger partial charge in [-0.15, -0.1) is 0 Å². The average Bonchev–Trinajstić information content (AvgIpc) is 2.55. The molecule has 1 fully saturated rings. The fourth-order valence-corrected chi connectivity index (χ4v) is 3.43. The summed E-state index contributed by atoms with van der Waals surface area (Å²) < 4.78 is 0. The zero-order chi connectivity index (χ0) is 18.0. The standard InChI is InChI=1S/C20H26N4O/c1-13-9-11-24(12-10-13)18-7-5-17(6-8-18)23-20(25)19-14(2)21-16(4)22-15(19)3/h5-8,13H,9-12H2,1-4H3,(H,23,25). The summed E-state index contributed by atoms with van der Waals surface area (Å²) in [5.74, 6) is 1.35. The van der Waals surface area contributed by atoms with Crippen LogP contribution in [0.2, 0.25) is 0 Å². The first-order valence-corrected chi connectivity index (χ1v) is 8.92. The van der Waals surface area contributed by atoms with Gasteiger partial charge in [0.2, 0.25) is 0 Å². The summed E-state index contributed by atoms with van der Waals surface area (Å²) in [5, 5.41) is 2.96. The second kappa shape index (κ2) is 7.21. The third-order valence-corrected chi connectivity index (χ3v) is 4.88. The van der Waals surface area contributed by atoms with Gasteiger partial charge < -0.3 is 10.2 Å². The maximum absolute atomic E-state index is 12.6. The number of aromatic nitrogens is 2. The van der Waals surface area contributed by atoms with Crippen molar-refractivity contribution >= 4 is 17.3 Å². The van der Waals surface area contributed by atoms with Crippen molar-refractivity contribution in [3.8, 4) is 0 Å². The van der Waals surface area contributed by atoms with E-state index in [2.05, 4.69) is 39.2 Å². The van der Waals surface area contributed by atoms with Gasteiger partial charge in [-0.05, 0) is 63.8 Å². The zero-order valence-electron chi connectivity index (χ0n) is 15.5. The summed E-state index contributed by atoms with van der Waals surface area (Å²) in [5.41, 5.74) is 3.98. The highest BCUT2D eigenvalue weighted by molar-refractivity contribution is 6.05. The Morgan fingerprint density at radius 1 is 1.04 bits per heavy atom. The number of nitrogens with zero attached hydrogens (tertiary/aromatic N) is 3. The SMILES string of the molecule is Cc1nc(C)c(C(=O)Nc2ccc(N3CCC(C)CC3)cc2)c(C)n1. The highest BCUT2D eigenvalue weighted by Crippen LogP contribution is 2.24. The van der Waals surface area contributed by atoms with E-state index in [-0.39, 0.29) is 5.91 Å². The number of hydrogen-bond donors (Lipinski definition) is 1. The molecule has 0 saturated carbocycles. The van der Waals surface area contributed by atoms with Crippen LogP contribution in [-0.4, -0.2) is 29.0 Å². The Balaban J connectivity index is 1.70. The van der Waals surface area contributed by atoms with Crippen LogP contribution in [0.5, 0.6) is 0 Å². The molecule has 25 heavy (non-hydrogen) atoms. The van der Waals surface area contributed by atoms with Crippen LogP contribution in [0.25, 0.3) is 0 Å². The molecular formula is C20H26N4O. The highest BCUT2D eigenvalue weighted by atomic mass is 16.1. The quantitative estimate of drug-likeness (QED) is 0.922. The Kier molecular flexibility index (Phi) is 5.02. The number of aryl methyl sites for hydroxylation is 3. The number of carbonyl (C=O) groups excluding carboxylic acids is 1. The van der Waals surface area contributed by atoms with E-state index in [1.807, 2.05) is 32.9 Å². The molecule has 0 spiro atoms. The zero-order valence-corrected chi connectivity index (χ0v) is 15.5. The number of carbonyl (C=O) groups is 1. The van der Waals surface area contributed by atoms with E-state index in [0.29, 0.717) is 22.8 Å². The lowest BCUT2D eigenvalue weighted by Crippen LogP contribution is -2.32. The Hall–Kier alpha value is -2.43. The summed E-state index contributed by atoms with van der Waals surface area (Å²) in [7, 11) is 0. The molecule has 1 aliphatic rings. The average molecular weight is 338 g/mol. The van der Waals surface area contributed by atoms with Gasteiger partial charge in [-0.25, -0.2) is 9.97 Å². The Bertz CT molecular complexity index is 739. The van der Waals surface area contributed by atoms with Gasteiger partial charge in [0.1, 0.15) is 5.82 Å². The molecule has 1 aromatic heterocycles. The monoisotopic (exact) mass is 338 g/mol. The van der Waals surface area contributed by atoms with Gasteiger partial charge in [-0.2, -0.15) is 0 Å². The number of benzene rings is 1. The minimum absolute atomic E-state index is 0.158. The smallest absolute Gasteiger partial charge is 0.259 e. The normalized spacial score (nSPS) is 15.3. The molecule has 5 heteroatoms. The maximum atomic E-state index is 12.6. The molecule has 0 radical (unpaired) electrons. The van der Waals surface area contributed by atoms with Gasteiger partial charge in [0.15, 0.2) is 0 Å². The molecule has 2 aromatic rings. The third kappa shape index (κ3) is 3.98. The van der Waals surface area contributed by atoms with E-state index in [4.69, 9.17) is 0 Å². The minimum atomic E-state index is -0.158. The van der Waals surface area contributed by atoms with Crippen molar-refractivity contribution in [2.45, 2.75) is 40.5 Å². The summed E-state index contributed by atoms with van der Waals surface area (Å²) in [6.45, 7) is 10.0. The summed E-state index contributed by atoms with van der Waals surface area (Å²) in [6.07, 6.45) is 2.48. The van der Waals surface area contributed by atoms with Crippen molar-refractivity contribution in [2.75, 3.05) is 23.3 Å². The van der Waals surface area contributed by atoms with E-state index >= 15 is 0 Å². The lowest BCUT2D eigenvalue weighted by molar-refractivity contribution is 0.102. The molecule has 1 N–H and O–H groups in total. The molecular weight excluding hydrogens is 312 g/mol. The topological polar surface area (TPSA) is 58.1 Å². The number of piperidine rings is 1. The molecule has 1 aliphatic heterocycles. The first-order chi connectivity index (χ1) is 11.9. The van der Waals surface area contributed by atoms with Crippen LogP contribution >= 0.6 is 0 Å². The van der Waals surface area contributed by atoms with Gasteiger partial charge in [-0.3, -0.25) is 4.79 Å². The Labute approximate surface area is 149 Å². The lowest BCUT2D eigenvalue weighted by atomic mass is 9.99. The molecule has 0 bridgehead atoms. The highest BCUT2D eigenvalue weighted by Gasteiger charge is 2.17. The van der Waals surface area contributed by atoms with Crippen LogP contribution in [0.1, 0.15) is 47.3 Å². The molecule has 3 rings (SSSR count). The molecule has 1 saturated heterocycles. The summed E-state index contributed by atoms with van der Waals surface area (Å²) in [4.78, 5) is 23.6. The number of amides is 1. The first kappa shape index (κ1) is 17.4. The van der Waals surface area contributed by atoms with Gasteiger partial charge >= 0.3 is 0 Å². The summed E-state index contributed by atoms with van der Waals surface area (Å²) >= 11 is 0. The lowest BCUT2D eigenvalue weighted by Gasteiger charge is -2.32. The van der Waals surface area contributed by atoms with Crippen LogP contribution in [0.4, 0.5) is 11.4 Å².